The van der Waals surface area contributed by atoms with Gasteiger partial charge in [-0.3, -0.25) is 14.5 Å². The number of aliphatic hydroxyl groups is 3. The lowest BCUT2D eigenvalue weighted by Crippen LogP contribution is -2.54. The van der Waals surface area contributed by atoms with Crippen molar-refractivity contribution in [3.05, 3.63) is 23.2 Å². The van der Waals surface area contributed by atoms with Crippen molar-refractivity contribution >= 4 is 11.6 Å². The summed E-state index contributed by atoms with van der Waals surface area (Å²) in [7, 11) is 3.38. The van der Waals surface area contributed by atoms with Crippen LogP contribution in [0.2, 0.25) is 0 Å². The average molecular weight is 281 g/mol. The van der Waals surface area contributed by atoms with Crippen LogP contribution >= 0.6 is 0 Å². The summed E-state index contributed by atoms with van der Waals surface area (Å²) in [5, 5.41) is 30.4. The predicted octanol–water partition coefficient (Wildman–Crippen LogP) is 0.339. The van der Waals surface area contributed by atoms with E-state index in [1.54, 1.807) is 19.0 Å². The topological polar surface area (TPSA) is 98.1 Å². The molecule has 4 unspecified atom stereocenters. The molecular weight excluding hydrogens is 262 g/mol. The van der Waals surface area contributed by atoms with E-state index < -0.39 is 35.5 Å². The zero-order valence-electron chi connectivity index (χ0n) is 11.7. The molecule has 0 radical (unpaired) electrons. The normalized spacial score (nSPS) is 34.0. The Kier molecular flexibility index (Phi) is 3.71. The Morgan fingerprint density at radius 3 is 2.45 bits per heavy atom. The van der Waals surface area contributed by atoms with E-state index in [0.29, 0.717) is 0 Å². The average Bonchev–Trinajstić information content (AvgIpc) is 2.32. The maximum Gasteiger partial charge on any atom is 0.180 e. The standard InChI is InChI=1S/C14H19NO5/c1-6(16)9-13(19)11-8(18)5-4-7(17)10(11)12(14(9)20)15(2)3/h5,7,10-12,17-18,20H,4H2,1-3H3. The van der Waals surface area contributed by atoms with Crippen molar-refractivity contribution in [3.63, 3.8) is 0 Å². The summed E-state index contributed by atoms with van der Waals surface area (Å²) >= 11 is 0. The molecule has 0 heterocycles. The number of hydrogen-bond donors (Lipinski definition) is 3. The predicted molar refractivity (Wildman–Crippen MR) is 71.1 cm³/mol. The Balaban J connectivity index is 2.64. The van der Waals surface area contributed by atoms with Crippen LogP contribution in [0.25, 0.3) is 0 Å². The van der Waals surface area contributed by atoms with Gasteiger partial charge in [-0.25, -0.2) is 0 Å². The molecule has 0 fully saturated rings. The van der Waals surface area contributed by atoms with E-state index >= 15 is 0 Å². The molecule has 0 spiro atoms. The number of hydrogen-bond acceptors (Lipinski definition) is 6. The Bertz CT molecular complexity index is 520. The minimum absolute atomic E-state index is 0.136. The highest BCUT2D eigenvalue weighted by Gasteiger charge is 2.51. The Morgan fingerprint density at radius 1 is 1.35 bits per heavy atom. The number of aliphatic hydroxyl groups excluding tert-OH is 3. The van der Waals surface area contributed by atoms with Gasteiger partial charge in [-0.1, -0.05) is 0 Å². The zero-order chi connectivity index (χ0) is 15.2. The van der Waals surface area contributed by atoms with Crippen LogP contribution < -0.4 is 0 Å². The second-order valence-electron chi connectivity index (χ2n) is 5.58. The number of likely N-dealkylation sites (N-methyl/N-ethyl adjacent to an activating group) is 1. The van der Waals surface area contributed by atoms with E-state index in [1.165, 1.54) is 13.0 Å². The summed E-state index contributed by atoms with van der Waals surface area (Å²) in [5.74, 6) is -3.24. The molecule has 0 aromatic heterocycles. The summed E-state index contributed by atoms with van der Waals surface area (Å²) in [4.78, 5) is 25.6. The molecule has 4 atom stereocenters. The van der Waals surface area contributed by atoms with E-state index in [9.17, 15) is 24.9 Å². The summed E-state index contributed by atoms with van der Waals surface area (Å²) < 4.78 is 0. The molecular formula is C14H19NO5. The van der Waals surface area contributed by atoms with E-state index in [2.05, 4.69) is 0 Å². The molecule has 0 bridgehead atoms. The summed E-state index contributed by atoms with van der Waals surface area (Å²) in [6.45, 7) is 1.20. The molecule has 0 saturated carbocycles. The molecule has 20 heavy (non-hydrogen) atoms. The number of rotatable bonds is 2. The van der Waals surface area contributed by atoms with Gasteiger partial charge in [0.25, 0.3) is 0 Å². The van der Waals surface area contributed by atoms with Gasteiger partial charge in [0.1, 0.15) is 11.3 Å². The van der Waals surface area contributed by atoms with Gasteiger partial charge < -0.3 is 15.3 Å². The molecule has 6 nitrogen and oxygen atoms in total. The second kappa shape index (κ2) is 5.03. The molecule has 6 heteroatoms. The van der Waals surface area contributed by atoms with Gasteiger partial charge >= 0.3 is 0 Å². The highest BCUT2D eigenvalue weighted by Crippen LogP contribution is 2.42. The third-order valence-corrected chi connectivity index (χ3v) is 4.05. The highest BCUT2D eigenvalue weighted by molar-refractivity contribution is 6.21. The zero-order valence-corrected chi connectivity index (χ0v) is 11.7. The third-order valence-electron chi connectivity index (χ3n) is 4.05. The van der Waals surface area contributed by atoms with Crippen molar-refractivity contribution in [2.75, 3.05) is 14.1 Å². The van der Waals surface area contributed by atoms with Crippen LogP contribution in [0.4, 0.5) is 0 Å². The van der Waals surface area contributed by atoms with Crippen LogP contribution in [0, 0.1) is 11.8 Å². The molecule has 0 aromatic rings. The van der Waals surface area contributed by atoms with Gasteiger partial charge in [0, 0.05) is 5.92 Å². The number of allylic oxidation sites excluding steroid dienone is 2. The SMILES string of the molecule is CC(=O)C1=C(O)C(N(C)C)C2C(O)CC=C(O)C2C1=O. The van der Waals surface area contributed by atoms with Gasteiger partial charge in [0.15, 0.2) is 11.6 Å². The first kappa shape index (κ1) is 14.7. The van der Waals surface area contributed by atoms with Gasteiger partial charge in [-0.15, -0.1) is 0 Å². The van der Waals surface area contributed by atoms with E-state index in [4.69, 9.17) is 0 Å². The molecule has 2 aliphatic carbocycles. The largest absolute Gasteiger partial charge is 0.512 e. The van der Waals surface area contributed by atoms with Crippen LogP contribution in [0.3, 0.4) is 0 Å². The minimum Gasteiger partial charge on any atom is -0.512 e. The number of fused-ring (bicyclic) bond motifs is 1. The lowest BCUT2D eigenvalue weighted by Gasteiger charge is -2.44. The van der Waals surface area contributed by atoms with Crippen molar-refractivity contribution in [3.8, 4) is 0 Å². The van der Waals surface area contributed by atoms with Crippen LogP contribution in [0.15, 0.2) is 23.2 Å². The van der Waals surface area contributed by atoms with Crippen molar-refractivity contribution in [1.29, 1.82) is 0 Å². The number of carbonyl (C=O) groups is 2. The highest BCUT2D eigenvalue weighted by atomic mass is 16.3. The van der Waals surface area contributed by atoms with Crippen molar-refractivity contribution < 1.29 is 24.9 Å². The van der Waals surface area contributed by atoms with Gasteiger partial charge in [0.2, 0.25) is 0 Å². The van der Waals surface area contributed by atoms with E-state index in [0.717, 1.165) is 0 Å². The minimum atomic E-state index is -0.971. The maximum absolute atomic E-state index is 12.4. The second-order valence-corrected chi connectivity index (χ2v) is 5.58. The first-order chi connectivity index (χ1) is 9.27. The molecule has 0 aliphatic heterocycles. The number of ketones is 2. The number of Topliss-reactive ketones (excluding diaryl/α,β-unsaturated/α-hetero) is 2. The fourth-order valence-electron chi connectivity index (χ4n) is 3.20. The smallest absolute Gasteiger partial charge is 0.180 e. The quantitative estimate of drug-likeness (QED) is 0.631. The molecule has 110 valence electrons. The molecule has 0 amide bonds. The fraction of sp³-hybridized carbons (Fsp3) is 0.571. The lowest BCUT2D eigenvalue weighted by molar-refractivity contribution is -0.129. The third kappa shape index (κ3) is 2.05. The number of carbonyl (C=O) groups excluding carboxylic acids is 2. The van der Waals surface area contributed by atoms with Crippen LogP contribution in [0.1, 0.15) is 13.3 Å². The molecule has 0 aromatic carbocycles. The maximum atomic E-state index is 12.4. The first-order valence-electron chi connectivity index (χ1n) is 6.49. The summed E-state index contributed by atoms with van der Waals surface area (Å²) in [6, 6.07) is -0.678. The molecule has 0 saturated heterocycles. The van der Waals surface area contributed by atoms with Crippen molar-refractivity contribution in [2.45, 2.75) is 25.5 Å². The lowest BCUT2D eigenvalue weighted by atomic mass is 9.67. The van der Waals surface area contributed by atoms with Crippen LogP contribution in [-0.4, -0.2) is 58.0 Å². The van der Waals surface area contributed by atoms with Gasteiger partial charge in [-0.05, 0) is 33.5 Å². The van der Waals surface area contributed by atoms with Crippen molar-refractivity contribution in [2.24, 2.45) is 11.8 Å². The first-order valence-corrected chi connectivity index (χ1v) is 6.49. The monoisotopic (exact) mass is 281 g/mol. The van der Waals surface area contributed by atoms with Gasteiger partial charge in [-0.2, -0.15) is 0 Å². The summed E-state index contributed by atoms with van der Waals surface area (Å²) in [5.41, 5.74) is -0.279. The van der Waals surface area contributed by atoms with E-state index in [-0.39, 0.29) is 23.5 Å². The fourth-order valence-corrected chi connectivity index (χ4v) is 3.20. The van der Waals surface area contributed by atoms with Gasteiger partial charge in [0.05, 0.1) is 23.8 Å². The molecule has 2 aliphatic rings. The Labute approximate surface area is 117 Å². The Morgan fingerprint density at radius 2 is 1.95 bits per heavy atom. The molecule has 2 rings (SSSR count). The van der Waals surface area contributed by atoms with Crippen molar-refractivity contribution in [1.82, 2.24) is 4.90 Å². The number of nitrogens with zero attached hydrogens (tertiary/aromatic N) is 1. The van der Waals surface area contributed by atoms with Crippen LogP contribution in [-0.2, 0) is 9.59 Å². The Hall–Kier alpha value is -1.66. The summed E-state index contributed by atoms with van der Waals surface area (Å²) in [6.07, 6.45) is 0.757. The molecule has 3 N–H and O–H groups in total. The van der Waals surface area contributed by atoms with E-state index in [1.807, 2.05) is 0 Å². The van der Waals surface area contributed by atoms with Crippen LogP contribution in [0.5, 0.6) is 0 Å².